The first-order chi connectivity index (χ1) is 8.65. The minimum absolute atomic E-state index is 0.0409. The van der Waals surface area contributed by atoms with Gasteiger partial charge in [-0.1, -0.05) is 0 Å². The molecule has 0 heterocycles. The molecule has 2 N–H and O–H groups in total. The van der Waals surface area contributed by atoms with Crippen molar-refractivity contribution in [1.29, 1.82) is 0 Å². The van der Waals surface area contributed by atoms with Crippen LogP contribution in [-0.2, 0) is 0 Å². The average Bonchev–Trinajstić information content (AvgIpc) is 3.18. The molecular formula is C15H20N2O. The minimum Gasteiger partial charge on any atom is -0.398 e. The zero-order chi connectivity index (χ0) is 12.7. The van der Waals surface area contributed by atoms with Crippen LogP contribution in [0, 0.1) is 5.92 Å². The Balaban J connectivity index is 1.84. The fourth-order valence-electron chi connectivity index (χ4n) is 2.48. The highest BCUT2D eigenvalue weighted by atomic mass is 16.1. The van der Waals surface area contributed by atoms with E-state index in [2.05, 4.69) is 4.90 Å². The molecule has 3 rings (SSSR count). The van der Waals surface area contributed by atoms with Gasteiger partial charge in [-0.3, -0.25) is 4.79 Å². The van der Waals surface area contributed by atoms with Gasteiger partial charge in [-0.15, -0.1) is 0 Å². The van der Waals surface area contributed by atoms with Crippen molar-refractivity contribution in [3.63, 3.8) is 0 Å². The Morgan fingerprint density at radius 2 is 2.06 bits per heavy atom. The number of rotatable bonds is 5. The quantitative estimate of drug-likeness (QED) is 0.640. The van der Waals surface area contributed by atoms with Crippen LogP contribution in [0.5, 0.6) is 0 Å². The highest BCUT2D eigenvalue weighted by molar-refractivity contribution is 5.99. The van der Waals surface area contributed by atoms with Crippen molar-refractivity contribution in [3.8, 4) is 0 Å². The molecule has 0 amide bonds. The van der Waals surface area contributed by atoms with Crippen LogP contribution in [0.2, 0.25) is 0 Å². The Bertz CT molecular complexity index is 475. The van der Waals surface area contributed by atoms with Crippen LogP contribution in [0.25, 0.3) is 0 Å². The maximum atomic E-state index is 11.4. The fraction of sp³-hybridized carbons (Fsp3) is 0.533. The summed E-state index contributed by atoms with van der Waals surface area (Å²) < 4.78 is 0. The first kappa shape index (κ1) is 11.6. The summed E-state index contributed by atoms with van der Waals surface area (Å²) in [5, 5.41) is 0. The van der Waals surface area contributed by atoms with Gasteiger partial charge in [-0.25, -0.2) is 0 Å². The van der Waals surface area contributed by atoms with Gasteiger partial charge in [0.1, 0.15) is 0 Å². The van der Waals surface area contributed by atoms with Gasteiger partial charge in [-0.2, -0.15) is 0 Å². The molecule has 2 aliphatic rings. The molecule has 3 nitrogen and oxygen atoms in total. The molecule has 3 heteroatoms. The van der Waals surface area contributed by atoms with E-state index >= 15 is 0 Å². The number of nitrogens with two attached hydrogens (primary N) is 1. The van der Waals surface area contributed by atoms with Gasteiger partial charge in [0.05, 0.1) is 0 Å². The standard InChI is InChI=1S/C15H20N2O/c1-10(18)14-7-6-13(8-15(14)16)17(12-4-5-12)9-11-2-3-11/h6-8,11-12H,2-5,9,16H2,1H3. The topological polar surface area (TPSA) is 46.3 Å². The molecule has 0 bridgehead atoms. The monoisotopic (exact) mass is 244 g/mol. The van der Waals surface area contributed by atoms with Crippen LogP contribution in [0.3, 0.4) is 0 Å². The molecular weight excluding hydrogens is 224 g/mol. The molecule has 0 unspecified atom stereocenters. The van der Waals surface area contributed by atoms with Crippen LogP contribution < -0.4 is 10.6 Å². The second-order valence-electron chi connectivity index (χ2n) is 5.65. The lowest BCUT2D eigenvalue weighted by atomic mass is 10.1. The molecule has 18 heavy (non-hydrogen) atoms. The molecule has 0 radical (unpaired) electrons. The Morgan fingerprint density at radius 1 is 1.33 bits per heavy atom. The molecule has 0 aromatic heterocycles. The zero-order valence-corrected chi connectivity index (χ0v) is 10.9. The highest BCUT2D eigenvalue weighted by Gasteiger charge is 2.33. The maximum Gasteiger partial charge on any atom is 0.161 e. The molecule has 0 spiro atoms. The van der Waals surface area contributed by atoms with Gasteiger partial charge in [0.25, 0.3) is 0 Å². The lowest BCUT2D eigenvalue weighted by Gasteiger charge is -2.25. The van der Waals surface area contributed by atoms with E-state index in [9.17, 15) is 4.79 Å². The smallest absolute Gasteiger partial charge is 0.161 e. The van der Waals surface area contributed by atoms with E-state index in [4.69, 9.17) is 5.73 Å². The van der Waals surface area contributed by atoms with Crippen LogP contribution in [0.1, 0.15) is 43.0 Å². The molecule has 0 atom stereocenters. The average molecular weight is 244 g/mol. The number of carbonyl (C=O) groups excluding carboxylic acids is 1. The van der Waals surface area contributed by atoms with E-state index in [1.807, 2.05) is 18.2 Å². The van der Waals surface area contributed by atoms with E-state index in [0.717, 1.165) is 12.5 Å². The minimum atomic E-state index is 0.0409. The number of anilines is 2. The number of nitrogens with zero attached hydrogens (tertiary/aromatic N) is 1. The molecule has 2 fully saturated rings. The van der Waals surface area contributed by atoms with Gasteiger partial charge in [0.2, 0.25) is 0 Å². The summed E-state index contributed by atoms with van der Waals surface area (Å²) in [6.07, 6.45) is 5.32. The summed E-state index contributed by atoms with van der Waals surface area (Å²) >= 11 is 0. The summed E-state index contributed by atoms with van der Waals surface area (Å²) in [7, 11) is 0. The predicted molar refractivity (Wildman–Crippen MR) is 74.0 cm³/mol. The van der Waals surface area contributed by atoms with Gasteiger partial charge in [0, 0.05) is 29.5 Å². The molecule has 0 aliphatic heterocycles. The van der Waals surface area contributed by atoms with Crippen molar-refractivity contribution in [1.82, 2.24) is 0 Å². The predicted octanol–water partition coefficient (Wildman–Crippen LogP) is 2.85. The lowest BCUT2D eigenvalue weighted by Crippen LogP contribution is -2.28. The van der Waals surface area contributed by atoms with Crippen molar-refractivity contribution >= 4 is 17.2 Å². The van der Waals surface area contributed by atoms with Crippen LogP contribution >= 0.6 is 0 Å². The van der Waals surface area contributed by atoms with Crippen LogP contribution in [-0.4, -0.2) is 18.4 Å². The summed E-state index contributed by atoms with van der Waals surface area (Å²) in [6.45, 7) is 2.72. The Kier molecular flexibility index (Phi) is 2.77. The second kappa shape index (κ2) is 4.30. The van der Waals surface area contributed by atoms with Crippen molar-refractivity contribution in [2.75, 3.05) is 17.2 Å². The second-order valence-corrected chi connectivity index (χ2v) is 5.65. The Labute approximate surface area is 108 Å². The molecule has 2 aliphatic carbocycles. The number of nitrogen functional groups attached to an aromatic ring is 1. The van der Waals surface area contributed by atoms with Crippen molar-refractivity contribution in [2.45, 2.75) is 38.6 Å². The van der Waals surface area contributed by atoms with Gasteiger partial charge < -0.3 is 10.6 Å². The number of ketones is 1. The fourth-order valence-corrected chi connectivity index (χ4v) is 2.48. The van der Waals surface area contributed by atoms with E-state index in [0.29, 0.717) is 17.3 Å². The summed E-state index contributed by atoms with van der Waals surface area (Å²) in [6, 6.07) is 6.59. The number of benzene rings is 1. The number of Topliss-reactive ketones (excluding diaryl/α,β-unsaturated/α-hetero) is 1. The Morgan fingerprint density at radius 3 is 2.56 bits per heavy atom. The number of hydrogen-bond acceptors (Lipinski definition) is 3. The molecule has 1 aromatic rings. The van der Waals surface area contributed by atoms with Crippen molar-refractivity contribution in [3.05, 3.63) is 23.8 Å². The van der Waals surface area contributed by atoms with Gasteiger partial charge >= 0.3 is 0 Å². The summed E-state index contributed by atoms with van der Waals surface area (Å²) in [5.41, 5.74) is 8.42. The molecule has 2 saturated carbocycles. The largest absolute Gasteiger partial charge is 0.398 e. The van der Waals surface area contributed by atoms with E-state index in [-0.39, 0.29) is 5.78 Å². The third kappa shape index (κ3) is 2.35. The van der Waals surface area contributed by atoms with Crippen molar-refractivity contribution in [2.24, 2.45) is 5.92 Å². The van der Waals surface area contributed by atoms with Crippen LogP contribution in [0.4, 0.5) is 11.4 Å². The third-order valence-electron chi connectivity index (χ3n) is 3.89. The van der Waals surface area contributed by atoms with Crippen molar-refractivity contribution < 1.29 is 4.79 Å². The molecule has 96 valence electrons. The van der Waals surface area contributed by atoms with E-state index < -0.39 is 0 Å². The summed E-state index contributed by atoms with van der Waals surface area (Å²) in [4.78, 5) is 13.9. The number of carbonyl (C=O) groups is 1. The first-order valence-electron chi connectivity index (χ1n) is 6.82. The van der Waals surface area contributed by atoms with Gasteiger partial charge in [-0.05, 0) is 56.7 Å². The maximum absolute atomic E-state index is 11.4. The Hall–Kier alpha value is -1.51. The van der Waals surface area contributed by atoms with E-state index in [1.54, 1.807) is 6.92 Å². The lowest BCUT2D eigenvalue weighted by molar-refractivity contribution is 0.101. The van der Waals surface area contributed by atoms with E-state index in [1.165, 1.54) is 31.4 Å². The number of hydrogen-bond donors (Lipinski definition) is 1. The highest BCUT2D eigenvalue weighted by Crippen LogP contribution is 2.38. The normalized spacial score (nSPS) is 18.7. The zero-order valence-electron chi connectivity index (χ0n) is 10.9. The first-order valence-corrected chi connectivity index (χ1v) is 6.82. The summed E-state index contributed by atoms with van der Waals surface area (Å²) in [5.74, 6) is 0.915. The third-order valence-corrected chi connectivity index (χ3v) is 3.89. The molecule has 0 saturated heterocycles. The van der Waals surface area contributed by atoms with Gasteiger partial charge in [0.15, 0.2) is 5.78 Å². The van der Waals surface area contributed by atoms with Crippen LogP contribution in [0.15, 0.2) is 18.2 Å². The molecule has 1 aromatic carbocycles. The SMILES string of the molecule is CC(=O)c1ccc(N(CC2CC2)C2CC2)cc1N.